The van der Waals surface area contributed by atoms with Crippen LogP contribution in [-0.4, -0.2) is 50.3 Å². The maximum atomic E-state index is 5.34. The second-order valence-corrected chi connectivity index (χ2v) is 3.68. The summed E-state index contributed by atoms with van der Waals surface area (Å²) in [6.45, 7) is 10.6. The van der Waals surface area contributed by atoms with Crippen LogP contribution in [0.15, 0.2) is 0 Å². The smallest absolute Gasteiger partial charge is 0.0593 e. The lowest BCUT2D eigenvalue weighted by Crippen LogP contribution is -2.31. The maximum absolute atomic E-state index is 5.34. The van der Waals surface area contributed by atoms with Gasteiger partial charge in [-0.3, -0.25) is 4.90 Å². The van der Waals surface area contributed by atoms with Gasteiger partial charge in [-0.1, -0.05) is 0 Å². The zero-order valence-corrected chi connectivity index (χ0v) is 8.88. The average Bonchev–Trinajstić information content (AvgIpc) is 2.32. The fourth-order valence-electron chi connectivity index (χ4n) is 1.62. The van der Waals surface area contributed by atoms with Crippen LogP contribution in [0.3, 0.4) is 0 Å². The number of hydrogen-bond acceptors (Lipinski definition) is 3. The molecule has 0 amide bonds. The number of nitrogens with zero attached hydrogens (tertiary/aromatic N) is 1. The number of hydrogen-bond donors (Lipinski definition) is 1. The summed E-state index contributed by atoms with van der Waals surface area (Å²) in [5, 5.41) is 3.48. The largest absolute Gasteiger partial charge is 0.380 e. The number of nitrogens with one attached hydrogen (secondary N) is 1. The third-order valence-corrected chi connectivity index (χ3v) is 2.56. The molecule has 1 atom stereocenters. The lowest BCUT2D eigenvalue weighted by atomic mass is 10.2. The Morgan fingerprint density at radius 3 is 3.08 bits per heavy atom. The Morgan fingerprint density at radius 2 is 2.31 bits per heavy atom. The first-order valence-corrected chi connectivity index (χ1v) is 5.36. The molecule has 0 bridgehead atoms. The molecule has 1 aliphatic rings. The van der Waals surface area contributed by atoms with Gasteiger partial charge >= 0.3 is 0 Å². The molecular weight excluding hydrogens is 164 g/mol. The van der Waals surface area contributed by atoms with Crippen LogP contribution in [0.25, 0.3) is 0 Å². The van der Waals surface area contributed by atoms with Crippen molar-refractivity contribution in [2.45, 2.75) is 26.3 Å². The summed E-state index contributed by atoms with van der Waals surface area (Å²) in [5.41, 5.74) is 0. The van der Waals surface area contributed by atoms with Crippen molar-refractivity contribution < 1.29 is 4.74 Å². The van der Waals surface area contributed by atoms with E-state index in [1.54, 1.807) is 0 Å². The van der Waals surface area contributed by atoms with Crippen LogP contribution in [0, 0.1) is 0 Å². The summed E-state index contributed by atoms with van der Waals surface area (Å²) in [7, 11) is 0. The first kappa shape index (κ1) is 11.0. The van der Waals surface area contributed by atoms with E-state index in [1.807, 2.05) is 6.92 Å². The highest BCUT2D eigenvalue weighted by Gasteiger charge is 2.11. The zero-order valence-electron chi connectivity index (χ0n) is 8.88. The van der Waals surface area contributed by atoms with Gasteiger partial charge in [-0.05, 0) is 26.8 Å². The van der Waals surface area contributed by atoms with E-state index in [-0.39, 0.29) is 0 Å². The molecule has 0 aromatic rings. The van der Waals surface area contributed by atoms with Gasteiger partial charge in [0.2, 0.25) is 0 Å². The summed E-state index contributed by atoms with van der Waals surface area (Å²) in [6, 6.07) is 0.678. The van der Waals surface area contributed by atoms with Gasteiger partial charge in [-0.15, -0.1) is 0 Å². The number of ether oxygens (including phenoxy) is 1. The van der Waals surface area contributed by atoms with Gasteiger partial charge in [0.25, 0.3) is 0 Å². The second-order valence-electron chi connectivity index (χ2n) is 3.68. The van der Waals surface area contributed by atoms with E-state index in [9.17, 15) is 0 Å². The normalized spacial score (nSPS) is 25.8. The SMILES string of the molecule is CCOCCN1CCNC(C)CC1. The van der Waals surface area contributed by atoms with Crippen molar-refractivity contribution in [1.82, 2.24) is 10.2 Å². The average molecular weight is 186 g/mol. The van der Waals surface area contributed by atoms with E-state index >= 15 is 0 Å². The first-order valence-electron chi connectivity index (χ1n) is 5.36. The highest BCUT2D eigenvalue weighted by Crippen LogP contribution is 2.00. The quantitative estimate of drug-likeness (QED) is 0.654. The van der Waals surface area contributed by atoms with Crippen molar-refractivity contribution in [2.24, 2.45) is 0 Å². The second kappa shape index (κ2) is 6.35. The van der Waals surface area contributed by atoms with Gasteiger partial charge in [0.1, 0.15) is 0 Å². The molecule has 78 valence electrons. The summed E-state index contributed by atoms with van der Waals surface area (Å²) in [6.07, 6.45) is 1.26. The molecule has 13 heavy (non-hydrogen) atoms. The first-order chi connectivity index (χ1) is 6.33. The third-order valence-electron chi connectivity index (χ3n) is 2.56. The molecule has 0 spiro atoms. The van der Waals surface area contributed by atoms with Crippen LogP contribution in [0.2, 0.25) is 0 Å². The molecule has 0 radical (unpaired) electrons. The molecule has 0 aromatic heterocycles. The van der Waals surface area contributed by atoms with Gasteiger partial charge in [0, 0.05) is 32.3 Å². The van der Waals surface area contributed by atoms with Crippen LogP contribution in [0.5, 0.6) is 0 Å². The van der Waals surface area contributed by atoms with Crippen molar-refractivity contribution in [3.63, 3.8) is 0 Å². The van der Waals surface area contributed by atoms with Crippen LogP contribution in [0.4, 0.5) is 0 Å². The predicted octanol–water partition coefficient (Wildman–Crippen LogP) is 0.707. The Labute approximate surface area is 81.4 Å². The van der Waals surface area contributed by atoms with E-state index in [1.165, 1.54) is 13.0 Å². The van der Waals surface area contributed by atoms with Gasteiger partial charge in [0.15, 0.2) is 0 Å². The molecule has 0 aromatic carbocycles. The summed E-state index contributed by atoms with van der Waals surface area (Å²) >= 11 is 0. The predicted molar refractivity (Wildman–Crippen MR) is 55.0 cm³/mol. The minimum atomic E-state index is 0.678. The highest BCUT2D eigenvalue weighted by atomic mass is 16.5. The minimum absolute atomic E-state index is 0.678. The van der Waals surface area contributed by atoms with Gasteiger partial charge in [-0.25, -0.2) is 0 Å². The third kappa shape index (κ3) is 4.60. The number of rotatable bonds is 4. The topological polar surface area (TPSA) is 24.5 Å². The molecule has 0 aliphatic carbocycles. The van der Waals surface area contributed by atoms with Gasteiger partial charge in [-0.2, -0.15) is 0 Å². The van der Waals surface area contributed by atoms with E-state index in [4.69, 9.17) is 4.74 Å². The van der Waals surface area contributed by atoms with Crippen molar-refractivity contribution >= 4 is 0 Å². The molecule has 1 heterocycles. The van der Waals surface area contributed by atoms with Crippen molar-refractivity contribution in [2.75, 3.05) is 39.4 Å². The molecule has 1 N–H and O–H groups in total. The van der Waals surface area contributed by atoms with Crippen LogP contribution in [-0.2, 0) is 4.74 Å². The van der Waals surface area contributed by atoms with E-state index in [2.05, 4.69) is 17.1 Å². The van der Waals surface area contributed by atoms with Gasteiger partial charge < -0.3 is 10.1 Å². The Balaban J connectivity index is 2.11. The van der Waals surface area contributed by atoms with Crippen molar-refractivity contribution in [1.29, 1.82) is 0 Å². The maximum Gasteiger partial charge on any atom is 0.0593 e. The molecule has 1 saturated heterocycles. The zero-order chi connectivity index (χ0) is 9.52. The molecule has 3 nitrogen and oxygen atoms in total. The molecular formula is C10H22N2O. The fourth-order valence-corrected chi connectivity index (χ4v) is 1.62. The van der Waals surface area contributed by atoms with E-state index < -0.39 is 0 Å². The van der Waals surface area contributed by atoms with Crippen LogP contribution < -0.4 is 5.32 Å². The molecule has 1 aliphatic heterocycles. The Kier molecular flexibility index (Phi) is 5.35. The Morgan fingerprint density at radius 1 is 1.46 bits per heavy atom. The molecule has 1 rings (SSSR count). The standard InChI is InChI=1S/C10H22N2O/c1-3-13-9-8-12-6-4-10(2)11-5-7-12/h10-11H,3-9H2,1-2H3. The molecule has 1 unspecified atom stereocenters. The van der Waals surface area contributed by atoms with Gasteiger partial charge in [0.05, 0.1) is 6.61 Å². The Bertz CT molecular complexity index is 130. The van der Waals surface area contributed by atoms with Crippen molar-refractivity contribution in [3.05, 3.63) is 0 Å². The highest BCUT2D eigenvalue weighted by molar-refractivity contribution is 4.71. The Hall–Kier alpha value is -0.120. The molecule has 0 saturated carbocycles. The molecule has 3 heteroatoms. The molecule has 1 fully saturated rings. The lowest BCUT2D eigenvalue weighted by molar-refractivity contribution is 0.115. The lowest BCUT2D eigenvalue weighted by Gasteiger charge is -2.18. The summed E-state index contributed by atoms with van der Waals surface area (Å²) in [4.78, 5) is 2.48. The summed E-state index contributed by atoms with van der Waals surface area (Å²) < 4.78 is 5.34. The van der Waals surface area contributed by atoms with Crippen molar-refractivity contribution in [3.8, 4) is 0 Å². The minimum Gasteiger partial charge on any atom is -0.380 e. The van der Waals surface area contributed by atoms with E-state index in [0.29, 0.717) is 6.04 Å². The fraction of sp³-hybridized carbons (Fsp3) is 1.00. The van der Waals surface area contributed by atoms with Crippen LogP contribution in [0.1, 0.15) is 20.3 Å². The van der Waals surface area contributed by atoms with E-state index in [0.717, 1.165) is 32.8 Å². The summed E-state index contributed by atoms with van der Waals surface area (Å²) in [5.74, 6) is 0. The van der Waals surface area contributed by atoms with Crippen LogP contribution >= 0.6 is 0 Å². The monoisotopic (exact) mass is 186 g/mol.